The minimum atomic E-state index is -0.253. The molecule has 0 aliphatic carbocycles. The van der Waals surface area contributed by atoms with Gasteiger partial charge in [-0.2, -0.15) is 4.98 Å². The first-order chi connectivity index (χ1) is 8.58. The second-order valence-electron chi connectivity index (χ2n) is 3.90. The van der Waals surface area contributed by atoms with Crippen molar-refractivity contribution in [3.8, 4) is 11.6 Å². The lowest BCUT2D eigenvalue weighted by atomic mass is 10.2. The van der Waals surface area contributed by atoms with Gasteiger partial charge in [0.1, 0.15) is 23.2 Å². The summed E-state index contributed by atoms with van der Waals surface area (Å²) >= 11 is 0. The Balaban J connectivity index is 2.27. The molecule has 5 heteroatoms. The first-order valence-corrected chi connectivity index (χ1v) is 5.56. The molecule has 0 fully saturated rings. The molecule has 0 spiro atoms. The van der Waals surface area contributed by atoms with E-state index in [2.05, 4.69) is 15.3 Å². The molecule has 0 radical (unpaired) electrons. The highest BCUT2D eigenvalue weighted by Gasteiger charge is 2.05. The molecule has 0 saturated carbocycles. The summed E-state index contributed by atoms with van der Waals surface area (Å²) in [6, 6.07) is 6.26. The monoisotopic (exact) mass is 247 g/mol. The average Bonchev–Trinajstić information content (AvgIpc) is 2.33. The molecule has 4 nitrogen and oxygen atoms in total. The summed E-state index contributed by atoms with van der Waals surface area (Å²) in [6.45, 7) is 3.47. The maximum absolute atomic E-state index is 13.1. The zero-order valence-corrected chi connectivity index (χ0v) is 10.5. The Hall–Kier alpha value is -2.17. The van der Waals surface area contributed by atoms with Gasteiger partial charge in [0.05, 0.1) is 0 Å². The number of anilines is 1. The minimum Gasteiger partial charge on any atom is -0.439 e. The van der Waals surface area contributed by atoms with E-state index >= 15 is 0 Å². The maximum Gasteiger partial charge on any atom is 0.224 e. The molecule has 0 unspecified atom stereocenters. The van der Waals surface area contributed by atoms with E-state index in [1.54, 1.807) is 39.1 Å². The van der Waals surface area contributed by atoms with Gasteiger partial charge in [0, 0.05) is 13.1 Å². The van der Waals surface area contributed by atoms with E-state index in [0.717, 1.165) is 0 Å². The van der Waals surface area contributed by atoms with Gasteiger partial charge in [0.25, 0.3) is 0 Å². The molecule has 1 heterocycles. The van der Waals surface area contributed by atoms with Crippen molar-refractivity contribution in [1.29, 1.82) is 0 Å². The quantitative estimate of drug-likeness (QED) is 0.905. The van der Waals surface area contributed by atoms with Crippen LogP contribution in [0.1, 0.15) is 11.4 Å². The number of benzene rings is 1. The molecule has 0 aliphatic rings. The highest BCUT2D eigenvalue weighted by Crippen LogP contribution is 2.23. The summed E-state index contributed by atoms with van der Waals surface area (Å²) in [4.78, 5) is 8.33. The molecular weight excluding hydrogens is 233 g/mol. The van der Waals surface area contributed by atoms with Crippen LogP contribution < -0.4 is 10.1 Å². The number of rotatable bonds is 3. The zero-order valence-electron chi connectivity index (χ0n) is 10.5. The predicted octanol–water partition coefficient (Wildman–Crippen LogP) is 3.07. The van der Waals surface area contributed by atoms with Crippen LogP contribution in [0.25, 0.3) is 0 Å². The molecule has 0 atom stereocenters. The molecule has 0 saturated heterocycles. The number of aryl methyl sites for hydroxylation is 2. The Morgan fingerprint density at radius 2 is 1.94 bits per heavy atom. The van der Waals surface area contributed by atoms with E-state index in [1.807, 2.05) is 0 Å². The molecule has 1 aromatic carbocycles. The molecule has 1 aromatic heterocycles. The normalized spacial score (nSPS) is 10.2. The van der Waals surface area contributed by atoms with E-state index < -0.39 is 0 Å². The fraction of sp³-hybridized carbons (Fsp3) is 0.231. The molecular formula is C13H14FN3O. The molecule has 0 bridgehead atoms. The van der Waals surface area contributed by atoms with Gasteiger partial charge in [-0.3, -0.25) is 0 Å². The zero-order chi connectivity index (χ0) is 13.1. The van der Waals surface area contributed by atoms with E-state index in [4.69, 9.17) is 4.74 Å². The highest BCUT2D eigenvalue weighted by molar-refractivity contribution is 5.39. The Kier molecular flexibility index (Phi) is 3.41. The van der Waals surface area contributed by atoms with Gasteiger partial charge in [0.15, 0.2) is 0 Å². The van der Waals surface area contributed by atoms with Gasteiger partial charge in [-0.05, 0) is 37.6 Å². The lowest BCUT2D eigenvalue weighted by molar-refractivity contribution is 0.458. The first-order valence-electron chi connectivity index (χ1n) is 5.56. The third-order valence-corrected chi connectivity index (χ3v) is 2.42. The third-order valence-electron chi connectivity index (χ3n) is 2.42. The van der Waals surface area contributed by atoms with Crippen LogP contribution in [0.4, 0.5) is 10.2 Å². The van der Waals surface area contributed by atoms with Gasteiger partial charge in [-0.1, -0.05) is 0 Å². The second-order valence-corrected chi connectivity index (χ2v) is 3.90. The number of aromatic nitrogens is 2. The lowest BCUT2D eigenvalue weighted by Gasteiger charge is -2.08. The highest BCUT2D eigenvalue weighted by atomic mass is 19.1. The van der Waals surface area contributed by atoms with Crippen molar-refractivity contribution in [2.45, 2.75) is 13.8 Å². The molecule has 0 aliphatic heterocycles. The molecule has 0 amide bonds. The smallest absolute Gasteiger partial charge is 0.224 e. The van der Waals surface area contributed by atoms with Crippen LogP contribution >= 0.6 is 0 Å². The van der Waals surface area contributed by atoms with E-state index in [9.17, 15) is 4.39 Å². The number of ether oxygens (including phenoxy) is 1. The van der Waals surface area contributed by atoms with Crippen molar-refractivity contribution >= 4 is 5.82 Å². The molecule has 1 N–H and O–H groups in total. The Morgan fingerprint density at radius 1 is 1.17 bits per heavy atom. The summed E-state index contributed by atoms with van der Waals surface area (Å²) in [6.07, 6.45) is 0. The summed E-state index contributed by atoms with van der Waals surface area (Å²) in [5.41, 5.74) is 0.534. The van der Waals surface area contributed by atoms with Gasteiger partial charge >= 0.3 is 0 Å². The summed E-state index contributed by atoms with van der Waals surface area (Å²) < 4.78 is 18.7. The van der Waals surface area contributed by atoms with Crippen LogP contribution in [0.5, 0.6) is 11.6 Å². The fourth-order valence-electron chi connectivity index (χ4n) is 1.52. The molecule has 94 valence electrons. The van der Waals surface area contributed by atoms with Gasteiger partial charge in [-0.15, -0.1) is 0 Å². The standard InChI is InChI=1S/C13H14FN3O/c1-8-6-10(4-5-11(8)14)18-13-7-12(15-3)16-9(2)17-13/h4-7H,1-3H3,(H,15,16,17). The Bertz CT molecular complexity index is 572. The number of hydrogen-bond donors (Lipinski definition) is 1. The van der Waals surface area contributed by atoms with Gasteiger partial charge < -0.3 is 10.1 Å². The van der Waals surface area contributed by atoms with Crippen LogP contribution in [0.2, 0.25) is 0 Å². The van der Waals surface area contributed by atoms with Crippen molar-refractivity contribution in [1.82, 2.24) is 9.97 Å². The van der Waals surface area contributed by atoms with Crippen LogP contribution in [-0.2, 0) is 0 Å². The number of nitrogens with zero attached hydrogens (tertiary/aromatic N) is 2. The Morgan fingerprint density at radius 3 is 2.61 bits per heavy atom. The molecule has 2 aromatic rings. The lowest BCUT2D eigenvalue weighted by Crippen LogP contribution is -1.98. The van der Waals surface area contributed by atoms with E-state index in [-0.39, 0.29) is 5.82 Å². The van der Waals surface area contributed by atoms with Crippen molar-refractivity contribution in [3.63, 3.8) is 0 Å². The number of hydrogen-bond acceptors (Lipinski definition) is 4. The van der Waals surface area contributed by atoms with Crippen LogP contribution in [0, 0.1) is 19.7 Å². The van der Waals surface area contributed by atoms with Crippen LogP contribution in [0.3, 0.4) is 0 Å². The van der Waals surface area contributed by atoms with Crippen molar-refractivity contribution in [2.24, 2.45) is 0 Å². The summed E-state index contributed by atoms with van der Waals surface area (Å²) in [7, 11) is 1.77. The Labute approximate surface area is 105 Å². The first kappa shape index (κ1) is 12.3. The summed E-state index contributed by atoms with van der Waals surface area (Å²) in [5.74, 6) is 2.01. The predicted molar refractivity (Wildman–Crippen MR) is 67.5 cm³/mol. The fourth-order valence-corrected chi connectivity index (χ4v) is 1.52. The second kappa shape index (κ2) is 5.00. The van der Waals surface area contributed by atoms with E-state index in [0.29, 0.717) is 28.8 Å². The number of halogens is 1. The molecule has 2 rings (SSSR count). The van der Waals surface area contributed by atoms with Crippen LogP contribution in [-0.4, -0.2) is 17.0 Å². The van der Waals surface area contributed by atoms with Gasteiger partial charge in [0.2, 0.25) is 5.88 Å². The van der Waals surface area contributed by atoms with Crippen LogP contribution in [0.15, 0.2) is 24.3 Å². The SMILES string of the molecule is CNc1cc(Oc2ccc(F)c(C)c2)nc(C)n1. The average molecular weight is 247 g/mol. The van der Waals surface area contributed by atoms with Crippen molar-refractivity contribution in [3.05, 3.63) is 41.5 Å². The third kappa shape index (κ3) is 2.74. The maximum atomic E-state index is 13.1. The summed E-state index contributed by atoms with van der Waals surface area (Å²) in [5, 5.41) is 2.92. The largest absolute Gasteiger partial charge is 0.439 e. The number of nitrogens with one attached hydrogen (secondary N) is 1. The molecule has 18 heavy (non-hydrogen) atoms. The van der Waals surface area contributed by atoms with Crippen molar-refractivity contribution in [2.75, 3.05) is 12.4 Å². The topological polar surface area (TPSA) is 47.0 Å². The minimum absolute atomic E-state index is 0.253. The van der Waals surface area contributed by atoms with Gasteiger partial charge in [-0.25, -0.2) is 9.37 Å². The van der Waals surface area contributed by atoms with E-state index in [1.165, 1.54) is 6.07 Å². The van der Waals surface area contributed by atoms with Crippen molar-refractivity contribution < 1.29 is 9.13 Å².